The van der Waals surface area contributed by atoms with Crippen LogP contribution in [0.4, 0.5) is 11.5 Å². The Bertz CT molecular complexity index is 1150. The minimum absolute atomic E-state index is 0.0558. The Morgan fingerprint density at radius 3 is 2.86 bits per heavy atom. The van der Waals surface area contributed by atoms with Gasteiger partial charge in [0, 0.05) is 26.3 Å². The Kier molecular flexibility index (Phi) is 8.48. The van der Waals surface area contributed by atoms with Gasteiger partial charge in [-0.3, -0.25) is 4.79 Å². The molecule has 1 fully saturated rings. The third-order valence-electron chi connectivity index (χ3n) is 6.21. The number of ether oxygens (including phenoxy) is 2. The molecule has 9 nitrogen and oxygen atoms in total. The Labute approximate surface area is 210 Å². The molecule has 0 saturated heterocycles. The number of amides is 1. The predicted octanol–water partition coefficient (Wildman–Crippen LogP) is 4.16. The molecule has 35 heavy (non-hydrogen) atoms. The molecule has 188 valence electrons. The van der Waals surface area contributed by atoms with E-state index < -0.39 is 0 Å². The van der Waals surface area contributed by atoms with Crippen molar-refractivity contribution in [1.82, 2.24) is 25.2 Å². The van der Waals surface area contributed by atoms with Crippen LogP contribution in [0.1, 0.15) is 47.3 Å². The number of fused-ring (bicyclic) bond motifs is 1. The number of aromatic nitrogens is 3. The number of methoxy groups -OCH3 is 1. The fourth-order valence-electron chi connectivity index (χ4n) is 4.35. The van der Waals surface area contributed by atoms with E-state index in [-0.39, 0.29) is 18.1 Å². The van der Waals surface area contributed by atoms with Gasteiger partial charge in [-0.05, 0) is 70.9 Å². The first-order valence-corrected chi connectivity index (χ1v) is 12.9. The zero-order chi connectivity index (χ0) is 24.8. The van der Waals surface area contributed by atoms with Crippen LogP contribution in [0.25, 0.3) is 10.2 Å². The molecule has 4 rings (SSSR count). The van der Waals surface area contributed by atoms with Crippen LogP contribution in [0.3, 0.4) is 0 Å². The lowest BCUT2D eigenvalue weighted by atomic mass is 9.95. The largest absolute Gasteiger partial charge is 0.473 e. The maximum absolute atomic E-state index is 12.9. The van der Waals surface area contributed by atoms with Crippen LogP contribution in [0.15, 0.2) is 24.7 Å². The van der Waals surface area contributed by atoms with Gasteiger partial charge in [0.15, 0.2) is 0 Å². The third-order valence-corrected chi connectivity index (χ3v) is 7.41. The van der Waals surface area contributed by atoms with Crippen LogP contribution in [0.2, 0.25) is 0 Å². The highest BCUT2D eigenvalue weighted by molar-refractivity contribution is 7.20. The number of nitrogens with one attached hydrogen (secondary N) is 2. The first-order valence-electron chi connectivity index (χ1n) is 12.0. The van der Waals surface area contributed by atoms with Crippen molar-refractivity contribution in [2.24, 2.45) is 0 Å². The lowest BCUT2D eigenvalue weighted by Crippen LogP contribution is -2.29. The Balaban J connectivity index is 1.53. The van der Waals surface area contributed by atoms with E-state index in [4.69, 9.17) is 9.47 Å². The van der Waals surface area contributed by atoms with Gasteiger partial charge in [-0.1, -0.05) is 0 Å². The number of thiophene rings is 1. The molecule has 1 saturated carbocycles. The van der Waals surface area contributed by atoms with Gasteiger partial charge >= 0.3 is 0 Å². The molecule has 0 aliphatic heterocycles. The molecule has 2 atom stereocenters. The van der Waals surface area contributed by atoms with E-state index in [9.17, 15) is 4.79 Å². The number of hydrogen-bond acceptors (Lipinski definition) is 9. The van der Waals surface area contributed by atoms with Gasteiger partial charge in [0.05, 0.1) is 16.4 Å². The van der Waals surface area contributed by atoms with E-state index >= 15 is 0 Å². The Morgan fingerprint density at radius 2 is 2.06 bits per heavy atom. The summed E-state index contributed by atoms with van der Waals surface area (Å²) < 4.78 is 11.8. The summed E-state index contributed by atoms with van der Waals surface area (Å²) in [6.07, 6.45) is 8.36. The van der Waals surface area contributed by atoms with E-state index in [1.54, 1.807) is 13.3 Å². The minimum atomic E-state index is -0.0781. The van der Waals surface area contributed by atoms with Crippen molar-refractivity contribution >= 4 is 39.0 Å². The number of anilines is 2. The van der Waals surface area contributed by atoms with E-state index in [0.29, 0.717) is 23.1 Å². The average molecular weight is 499 g/mol. The first-order chi connectivity index (χ1) is 17.0. The van der Waals surface area contributed by atoms with Crippen LogP contribution < -0.4 is 15.4 Å². The van der Waals surface area contributed by atoms with Gasteiger partial charge in [0.2, 0.25) is 5.88 Å². The van der Waals surface area contributed by atoms with Crippen LogP contribution in [0, 0.1) is 6.92 Å². The second-order valence-corrected chi connectivity index (χ2v) is 10.1. The summed E-state index contributed by atoms with van der Waals surface area (Å²) in [7, 11) is 5.80. The molecule has 1 amide bonds. The van der Waals surface area contributed by atoms with E-state index in [2.05, 4.69) is 30.5 Å². The maximum Gasteiger partial charge on any atom is 0.261 e. The highest BCUT2D eigenvalue weighted by atomic mass is 32.1. The maximum atomic E-state index is 12.9. The summed E-state index contributed by atoms with van der Waals surface area (Å²) >= 11 is 1.38. The summed E-state index contributed by atoms with van der Waals surface area (Å²) in [5.41, 5.74) is 1.59. The summed E-state index contributed by atoms with van der Waals surface area (Å²) in [5.74, 6) is 1.09. The molecule has 3 aromatic heterocycles. The molecule has 1 aliphatic rings. The summed E-state index contributed by atoms with van der Waals surface area (Å²) in [4.78, 5) is 29.8. The van der Waals surface area contributed by atoms with Gasteiger partial charge in [-0.2, -0.15) is 0 Å². The molecule has 0 spiro atoms. The van der Waals surface area contributed by atoms with Crippen LogP contribution in [0.5, 0.6) is 5.88 Å². The molecule has 3 heterocycles. The number of hydrogen-bond donors (Lipinski definition) is 2. The lowest BCUT2D eigenvalue weighted by Gasteiger charge is -2.28. The first kappa shape index (κ1) is 25.3. The molecule has 0 radical (unpaired) electrons. The number of carbonyl (C=O) groups excluding carboxylic acids is 1. The van der Waals surface area contributed by atoms with Crippen molar-refractivity contribution in [2.75, 3.05) is 39.6 Å². The summed E-state index contributed by atoms with van der Waals surface area (Å²) in [6, 6.07) is 3.78. The van der Waals surface area contributed by atoms with Crippen molar-refractivity contribution < 1.29 is 14.3 Å². The van der Waals surface area contributed by atoms with Gasteiger partial charge < -0.3 is 25.0 Å². The Hall–Kier alpha value is -2.82. The third kappa shape index (κ3) is 6.25. The average Bonchev–Trinajstić information content (AvgIpc) is 3.20. The molecular formula is C25H34N6O3S. The number of carbonyl (C=O) groups is 1. The molecule has 10 heteroatoms. The molecular weight excluding hydrogens is 464 g/mol. The monoisotopic (exact) mass is 498 g/mol. The van der Waals surface area contributed by atoms with E-state index in [0.717, 1.165) is 60.1 Å². The summed E-state index contributed by atoms with van der Waals surface area (Å²) in [5, 5.41) is 7.25. The van der Waals surface area contributed by atoms with Crippen molar-refractivity contribution in [1.29, 1.82) is 0 Å². The number of aryl methyl sites for hydroxylation is 1. The van der Waals surface area contributed by atoms with E-state index in [1.165, 1.54) is 17.7 Å². The summed E-state index contributed by atoms with van der Waals surface area (Å²) in [6.45, 7) is 3.49. The Morgan fingerprint density at radius 1 is 1.23 bits per heavy atom. The van der Waals surface area contributed by atoms with Gasteiger partial charge in [0.1, 0.15) is 28.8 Å². The van der Waals surface area contributed by atoms with Crippen molar-refractivity contribution in [3.8, 4) is 5.88 Å². The molecule has 2 N–H and O–H groups in total. The minimum Gasteiger partial charge on any atom is -0.473 e. The number of pyridine rings is 1. The second-order valence-electron chi connectivity index (χ2n) is 9.12. The topological polar surface area (TPSA) is 101 Å². The molecule has 0 aromatic carbocycles. The molecule has 1 unspecified atom stereocenters. The van der Waals surface area contributed by atoms with E-state index in [1.807, 2.05) is 33.2 Å². The highest BCUT2D eigenvalue weighted by Gasteiger charge is 2.25. The smallest absolute Gasteiger partial charge is 0.261 e. The fourth-order valence-corrected chi connectivity index (χ4v) is 5.41. The zero-order valence-electron chi connectivity index (χ0n) is 20.8. The van der Waals surface area contributed by atoms with Crippen LogP contribution >= 0.6 is 11.3 Å². The van der Waals surface area contributed by atoms with Gasteiger partial charge in [-0.15, -0.1) is 11.3 Å². The van der Waals surface area contributed by atoms with Crippen molar-refractivity contribution in [3.63, 3.8) is 0 Å². The quantitative estimate of drug-likeness (QED) is 0.402. The normalized spacial score (nSPS) is 18.1. The van der Waals surface area contributed by atoms with Crippen molar-refractivity contribution in [2.45, 2.75) is 51.2 Å². The fraction of sp³-hybridized carbons (Fsp3) is 0.520. The standard InChI is InChI=1S/C25H34N6O3S/c1-16-20-22(28-15-29-25(20)35-21(16)23(32)26-12-7-13-31(2)3)30-19-10-6-11-27-24(19)34-18-9-5-8-17(14-18)33-4/h6,10-11,15,17-18H,5,7-9,12-14H2,1-4H3,(H,26,32)(H,28,29,30)/t17-,18?/m0/s1. The number of rotatable bonds is 10. The molecule has 0 bridgehead atoms. The van der Waals surface area contributed by atoms with Crippen LogP contribution in [-0.2, 0) is 4.74 Å². The van der Waals surface area contributed by atoms with Crippen LogP contribution in [-0.4, -0.2) is 72.3 Å². The predicted molar refractivity (Wildman–Crippen MR) is 139 cm³/mol. The number of nitrogens with zero attached hydrogens (tertiary/aromatic N) is 4. The van der Waals surface area contributed by atoms with Crippen molar-refractivity contribution in [3.05, 3.63) is 35.1 Å². The molecule has 1 aliphatic carbocycles. The lowest BCUT2D eigenvalue weighted by molar-refractivity contribution is 0.0198. The van der Waals surface area contributed by atoms with Gasteiger partial charge in [-0.25, -0.2) is 15.0 Å². The highest BCUT2D eigenvalue weighted by Crippen LogP contribution is 2.36. The van der Waals surface area contributed by atoms with Gasteiger partial charge in [0.25, 0.3) is 5.91 Å². The molecule has 3 aromatic rings. The second kappa shape index (κ2) is 11.7. The zero-order valence-corrected chi connectivity index (χ0v) is 21.7. The SMILES string of the molecule is CO[C@H]1CCCC(Oc2ncccc2Nc2ncnc3sc(C(=O)NCCCN(C)C)c(C)c23)C1.